The molecule has 0 saturated heterocycles. The van der Waals surface area contributed by atoms with Gasteiger partial charge in [-0.15, -0.1) is 0 Å². The number of nitrogens with zero attached hydrogens (tertiary/aromatic N) is 12. The number of carbonyl (C=O) groups is 2. The van der Waals surface area contributed by atoms with Gasteiger partial charge >= 0.3 is 0 Å². The van der Waals surface area contributed by atoms with Crippen LogP contribution in [0, 0.1) is 45.3 Å². The normalized spacial score (nSPS) is 15.3. The highest BCUT2D eigenvalue weighted by Crippen LogP contribution is 2.43. The van der Waals surface area contributed by atoms with Gasteiger partial charge in [0.2, 0.25) is 29.2 Å². The second kappa shape index (κ2) is 35.5. The van der Waals surface area contributed by atoms with Crippen LogP contribution < -0.4 is 29.6 Å². The molecule has 12 aromatic rings. The zero-order valence-electron chi connectivity index (χ0n) is 66.3. The Morgan fingerprint density at radius 2 is 0.678 bits per heavy atom. The van der Waals surface area contributed by atoms with Crippen LogP contribution in [0.2, 0.25) is 0 Å². The van der Waals surface area contributed by atoms with E-state index in [0.29, 0.717) is 133 Å². The number of nitriles is 4. The van der Waals surface area contributed by atoms with E-state index in [0.717, 1.165) is 84.7 Å². The summed E-state index contributed by atoms with van der Waals surface area (Å²) in [6, 6.07) is 54.6. The van der Waals surface area contributed by atoms with Gasteiger partial charge in [-0.1, -0.05) is 107 Å². The first-order valence-corrected chi connectivity index (χ1v) is 38.7. The lowest BCUT2D eigenvalue weighted by atomic mass is 9.99. The molecule has 0 aliphatic heterocycles. The summed E-state index contributed by atoms with van der Waals surface area (Å²) in [6.07, 6.45) is 7.81. The molecule has 8 aromatic carbocycles. The summed E-state index contributed by atoms with van der Waals surface area (Å²) < 4.78 is 44.7. The zero-order chi connectivity index (χ0) is 81.1. The lowest BCUT2D eigenvalue weighted by Gasteiger charge is -2.13. The number of amides is 1. The predicted molar refractivity (Wildman–Crippen MR) is 431 cm³/mol. The van der Waals surface area contributed by atoms with Crippen molar-refractivity contribution in [2.24, 2.45) is 0 Å². The lowest BCUT2D eigenvalue weighted by Crippen LogP contribution is -2.24. The van der Waals surface area contributed by atoms with Crippen LogP contribution >= 0.6 is 0 Å². The highest BCUT2D eigenvalue weighted by atomic mass is 16.5. The fraction of sp³-hybridized carbons (Fsp3) is 0.319. The van der Waals surface area contributed by atoms with Crippen molar-refractivity contribution in [3.63, 3.8) is 0 Å². The van der Waals surface area contributed by atoms with Gasteiger partial charge < -0.3 is 47.7 Å². The van der Waals surface area contributed by atoms with E-state index in [2.05, 4.69) is 120 Å². The number of hydrogen-bond acceptors (Lipinski definition) is 23. The van der Waals surface area contributed by atoms with Crippen molar-refractivity contribution in [1.82, 2.24) is 51.2 Å². The van der Waals surface area contributed by atoms with Crippen molar-refractivity contribution in [2.75, 3.05) is 6.54 Å². The van der Waals surface area contributed by atoms with Gasteiger partial charge in [-0.2, -0.15) is 41.0 Å². The van der Waals surface area contributed by atoms with Crippen molar-refractivity contribution in [3.05, 3.63) is 212 Å². The van der Waals surface area contributed by atoms with Gasteiger partial charge in [-0.3, -0.25) is 9.59 Å². The Hall–Kier alpha value is -13.4. The van der Waals surface area contributed by atoms with E-state index in [1.165, 1.54) is 40.3 Å². The van der Waals surface area contributed by atoms with Crippen LogP contribution in [0.5, 0.6) is 23.0 Å². The maximum absolute atomic E-state index is 11.5. The molecule has 0 bridgehead atoms. The maximum atomic E-state index is 11.5. The molecule has 115 heavy (non-hydrogen) atoms. The smallest absolute Gasteiger partial charge is 0.258 e. The first-order valence-electron chi connectivity index (χ1n) is 38.7. The van der Waals surface area contributed by atoms with Crippen molar-refractivity contribution in [3.8, 4) is 139 Å². The van der Waals surface area contributed by atoms with Crippen LogP contribution in [0.25, 0.3) is 91.4 Å². The quantitative estimate of drug-likeness (QED) is 0.0715. The number of hydrogen-bond donors (Lipinski definition) is 2. The van der Waals surface area contributed by atoms with Gasteiger partial charge in [0, 0.05) is 57.5 Å². The summed E-state index contributed by atoms with van der Waals surface area (Å²) in [6.45, 7) is 23.3. The van der Waals surface area contributed by atoms with Gasteiger partial charge in [0.1, 0.15) is 53.1 Å². The highest BCUT2D eigenvalue weighted by molar-refractivity contribution is 5.78. The lowest BCUT2D eigenvalue weighted by molar-refractivity contribution is -0.119. The topological polar surface area (TPSA) is 346 Å². The molecule has 0 saturated carbocycles. The van der Waals surface area contributed by atoms with E-state index in [9.17, 15) is 30.6 Å². The summed E-state index contributed by atoms with van der Waals surface area (Å²) >= 11 is 0. The van der Waals surface area contributed by atoms with Gasteiger partial charge in [0.15, 0.2) is 0 Å². The summed E-state index contributed by atoms with van der Waals surface area (Å²) in [5.41, 5.74) is 18.3. The van der Waals surface area contributed by atoms with Gasteiger partial charge in [0.05, 0.1) is 59.3 Å². The molecule has 16 rings (SSSR count). The molecule has 2 N–H and O–H groups in total. The Bertz CT molecular complexity index is 5590. The zero-order valence-corrected chi connectivity index (χ0v) is 66.3. The number of carbonyl (C=O) groups excluding carboxylic acids is 2. The first kappa shape index (κ1) is 79.7. The van der Waals surface area contributed by atoms with E-state index < -0.39 is 0 Å². The molecule has 0 spiro atoms. The molecule has 4 aromatic heterocycles. The van der Waals surface area contributed by atoms with Crippen LogP contribution in [0.4, 0.5) is 0 Å². The van der Waals surface area contributed by atoms with Crippen LogP contribution in [0.3, 0.4) is 0 Å². The standard InChI is InChI=1S/C24H24N4O3.C23H22N4O3.2C22H21N3O2/c1-14(2)30-22-10-7-16(11-17(22)12-25)24-27-23(28-31-24)20-6-4-5-19-18(20)8-9-21(19)26-13-15(3)29;1-13(2)29-21-10-7-15(11-16(21)12-24)23-26-22(27-30-23)19-6-4-5-18-17(19)8-9-20(18)25-14(3)28;2*1-13(2)26-20-10-8-15(11-16(20)12-23)22-24-21(25-27-22)19-6-4-5-17-14(3)7-9-18(17)19/h4-7,10-11,14,21,26H,8-9,13H2,1-3H3;4-7,10-11,13,20H,8-9H2,1-3H3,(H,25,28);2*4-6,8,10-11,13-14H,7,9H2,1-3H3/t;;14-;/m..0./s1. The van der Waals surface area contributed by atoms with E-state index in [1.54, 1.807) is 61.5 Å². The summed E-state index contributed by atoms with van der Waals surface area (Å²) in [7, 11) is 0. The van der Waals surface area contributed by atoms with E-state index >= 15 is 0 Å². The molecule has 0 fully saturated rings. The molecule has 4 atom stereocenters. The Kier molecular flexibility index (Phi) is 24.6. The number of benzene rings is 8. The van der Waals surface area contributed by atoms with Crippen LogP contribution in [0.15, 0.2) is 164 Å². The Labute approximate surface area is 667 Å². The Morgan fingerprint density at radius 3 is 0.965 bits per heavy atom. The summed E-state index contributed by atoms with van der Waals surface area (Å²) in [5, 5.41) is 60.8. The Morgan fingerprint density at radius 1 is 0.400 bits per heavy atom. The van der Waals surface area contributed by atoms with E-state index in [-0.39, 0.29) is 48.2 Å². The molecule has 24 heteroatoms. The average molecular weight is 1540 g/mol. The third-order valence-electron chi connectivity index (χ3n) is 20.2. The van der Waals surface area contributed by atoms with Crippen molar-refractivity contribution in [2.45, 2.75) is 183 Å². The molecular weight excluding hydrogens is 1450 g/mol. The molecule has 4 heterocycles. The van der Waals surface area contributed by atoms with Gasteiger partial charge in [-0.05, 0) is 243 Å². The average Bonchev–Trinajstić information content (AvgIpc) is 1.66. The number of ketones is 1. The second-order valence-electron chi connectivity index (χ2n) is 30.0. The third kappa shape index (κ3) is 18.2. The van der Waals surface area contributed by atoms with Gasteiger partial charge in [-0.25, -0.2) is 0 Å². The van der Waals surface area contributed by atoms with Crippen LogP contribution in [-0.4, -0.2) is 83.2 Å². The number of rotatable bonds is 20. The van der Waals surface area contributed by atoms with Crippen molar-refractivity contribution >= 4 is 11.7 Å². The SMILES string of the molecule is CC(=O)CNC1CCc2c(-c3noc(-c4ccc(OC(C)C)c(C#N)c4)n3)cccc21.CC(=O)NC1CCc2c(-c3noc(-c4ccc(OC(C)C)c(C#N)c4)n3)cccc21.CC(C)Oc1ccc(-c2nc(-c3cccc4c3CCC4C)no2)cc1C#N.CC(C)Oc1ccc(-c2nc(-c3cccc4c3CC[C@@H]4C)no2)cc1C#N. The molecule has 24 nitrogen and oxygen atoms in total. The number of aromatic nitrogens is 8. The van der Waals surface area contributed by atoms with Crippen molar-refractivity contribution in [1.29, 1.82) is 21.0 Å². The molecule has 3 unspecified atom stereocenters. The molecule has 582 valence electrons. The van der Waals surface area contributed by atoms with Crippen LogP contribution in [0.1, 0.15) is 199 Å². The fourth-order valence-electron chi connectivity index (χ4n) is 15.0. The van der Waals surface area contributed by atoms with Gasteiger partial charge in [0.25, 0.3) is 23.6 Å². The minimum atomic E-state index is -0.0432. The van der Waals surface area contributed by atoms with Crippen molar-refractivity contribution < 1.29 is 46.6 Å². The molecule has 4 aliphatic carbocycles. The van der Waals surface area contributed by atoms with E-state index in [4.69, 9.17) is 37.0 Å². The maximum Gasteiger partial charge on any atom is 0.258 e. The summed E-state index contributed by atoms with van der Waals surface area (Å²) in [4.78, 5) is 41.2. The fourth-order valence-corrected chi connectivity index (χ4v) is 15.0. The van der Waals surface area contributed by atoms with Crippen LogP contribution in [-0.2, 0) is 35.3 Å². The highest BCUT2D eigenvalue weighted by Gasteiger charge is 2.31. The number of nitrogens with one attached hydrogen (secondary N) is 2. The Balaban J connectivity index is 0.000000134. The minimum Gasteiger partial charge on any atom is -0.490 e. The molecule has 0 radical (unpaired) electrons. The number of ether oxygens (including phenoxy) is 4. The molecule has 1 amide bonds. The largest absolute Gasteiger partial charge is 0.490 e. The monoisotopic (exact) mass is 1540 g/mol. The number of Topliss-reactive ketones (excluding diaryl/α,β-unsaturated/α-hetero) is 1. The molecule has 4 aliphatic rings. The number of fused-ring (bicyclic) bond motifs is 4. The predicted octanol–water partition coefficient (Wildman–Crippen LogP) is 18.6. The third-order valence-corrected chi connectivity index (χ3v) is 20.2. The first-order chi connectivity index (χ1) is 55.5. The second-order valence-corrected chi connectivity index (χ2v) is 30.0. The molecular formula is C91H88N14O10. The minimum absolute atomic E-state index is 0.000486. The summed E-state index contributed by atoms with van der Waals surface area (Å²) in [5.74, 6) is 7.09. The van der Waals surface area contributed by atoms with E-state index in [1.807, 2.05) is 116 Å².